The van der Waals surface area contributed by atoms with E-state index in [1.807, 2.05) is 20.8 Å². The molecule has 0 aliphatic heterocycles. The zero-order valence-corrected chi connectivity index (χ0v) is 20.5. The molecule has 2 aromatic heterocycles. The van der Waals surface area contributed by atoms with E-state index in [9.17, 15) is 14.4 Å². The van der Waals surface area contributed by atoms with Crippen molar-refractivity contribution in [2.75, 3.05) is 25.5 Å². The molecule has 12 heteroatoms. The summed E-state index contributed by atoms with van der Waals surface area (Å²) in [6.45, 7) is 7.66. The minimum absolute atomic E-state index is 0.234. The van der Waals surface area contributed by atoms with Crippen LogP contribution in [0.2, 0.25) is 0 Å². The predicted molar refractivity (Wildman–Crippen MR) is 132 cm³/mol. The number of anilines is 1. The van der Waals surface area contributed by atoms with Gasteiger partial charge in [-0.15, -0.1) is 0 Å². The van der Waals surface area contributed by atoms with Crippen LogP contribution in [0.15, 0.2) is 18.2 Å². The Morgan fingerprint density at radius 2 is 1.86 bits per heavy atom. The van der Waals surface area contributed by atoms with Crippen LogP contribution in [0.3, 0.4) is 0 Å². The molecule has 0 radical (unpaired) electrons. The van der Waals surface area contributed by atoms with Gasteiger partial charge in [0.2, 0.25) is 11.9 Å². The fourth-order valence-corrected chi connectivity index (χ4v) is 3.72. The van der Waals surface area contributed by atoms with Gasteiger partial charge in [-0.3, -0.25) is 19.6 Å². The molecule has 0 fully saturated rings. The zero-order valence-electron chi connectivity index (χ0n) is 20.5. The predicted octanol–water partition coefficient (Wildman–Crippen LogP) is 2.02. The third kappa shape index (κ3) is 5.89. The van der Waals surface area contributed by atoms with Crippen LogP contribution < -0.4 is 26.4 Å². The molecule has 3 rings (SSSR count). The summed E-state index contributed by atoms with van der Waals surface area (Å²) >= 11 is 0. The Morgan fingerprint density at radius 3 is 2.51 bits per heavy atom. The lowest BCUT2D eigenvalue weighted by atomic mass is 10.1. The number of nitrogens with one attached hydrogen (secondary N) is 3. The van der Waals surface area contributed by atoms with E-state index in [1.165, 1.54) is 7.11 Å². The molecule has 188 valence electrons. The van der Waals surface area contributed by atoms with Crippen molar-refractivity contribution in [3.63, 3.8) is 0 Å². The molecule has 0 aliphatic carbocycles. The van der Waals surface area contributed by atoms with Crippen molar-refractivity contribution >= 4 is 34.8 Å². The van der Waals surface area contributed by atoms with E-state index in [0.29, 0.717) is 55.1 Å². The monoisotopic (exact) mass is 484 g/mol. The van der Waals surface area contributed by atoms with E-state index in [-0.39, 0.29) is 23.5 Å². The van der Waals surface area contributed by atoms with Crippen LogP contribution >= 0.6 is 0 Å². The number of ether oxygens (including phenoxy) is 1. The molecule has 0 aliphatic rings. The molecular weight excluding hydrogens is 452 g/mol. The molecule has 0 atom stereocenters. The number of nitrogens with two attached hydrogens (primary N) is 1. The first-order chi connectivity index (χ1) is 16.8. The SMILES string of the molecule is CCCNC(=O)NCCCn1c(NC(=O)c2cc(C)nn2CC)nc2cc(C(N)=O)cc(OC)c21. The zero-order chi connectivity index (χ0) is 25.5. The van der Waals surface area contributed by atoms with Gasteiger partial charge in [-0.1, -0.05) is 6.92 Å². The van der Waals surface area contributed by atoms with Crippen molar-refractivity contribution in [2.45, 2.75) is 46.7 Å². The lowest BCUT2D eigenvalue weighted by molar-refractivity contribution is 0.0995. The largest absolute Gasteiger partial charge is 0.494 e. The number of benzene rings is 1. The second-order valence-electron chi connectivity index (χ2n) is 7.97. The van der Waals surface area contributed by atoms with Gasteiger partial charge in [-0.25, -0.2) is 9.78 Å². The van der Waals surface area contributed by atoms with E-state index < -0.39 is 5.91 Å². The van der Waals surface area contributed by atoms with Gasteiger partial charge in [0, 0.05) is 31.7 Å². The van der Waals surface area contributed by atoms with Crippen LogP contribution in [-0.4, -0.2) is 57.4 Å². The topological polar surface area (TPSA) is 158 Å². The Bertz CT molecular complexity index is 1230. The lowest BCUT2D eigenvalue weighted by Gasteiger charge is -2.13. The summed E-state index contributed by atoms with van der Waals surface area (Å²) < 4.78 is 8.92. The Labute approximate surface area is 203 Å². The number of primary amides is 1. The molecule has 0 spiro atoms. The summed E-state index contributed by atoms with van der Waals surface area (Å²) in [7, 11) is 1.48. The number of carbonyl (C=O) groups excluding carboxylic acids is 3. The third-order valence-corrected chi connectivity index (χ3v) is 5.35. The normalized spacial score (nSPS) is 10.9. The number of nitrogens with zero attached hydrogens (tertiary/aromatic N) is 4. The third-order valence-electron chi connectivity index (χ3n) is 5.35. The maximum Gasteiger partial charge on any atom is 0.314 e. The van der Waals surface area contributed by atoms with Crippen LogP contribution in [0.5, 0.6) is 5.75 Å². The Kier molecular flexibility index (Phi) is 8.29. The number of carbonyl (C=O) groups is 3. The van der Waals surface area contributed by atoms with Crippen molar-refractivity contribution in [3.05, 3.63) is 35.2 Å². The van der Waals surface area contributed by atoms with Crippen molar-refractivity contribution < 1.29 is 19.1 Å². The number of rotatable bonds is 11. The number of aromatic nitrogens is 4. The smallest absolute Gasteiger partial charge is 0.314 e. The number of amides is 4. The number of imidazole rings is 1. The highest BCUT2D eigenvalue weighted by Gasteiger charge is 2.21. The van der Waals surface area contributed by atoms with Gasteiger partial charge >= 0.3 is 6.03 Å². The average Bonchev–Trinajstić information content (AvgIpc) is 3.39. The van der Waals surface area contributed by atoms with Crippen molar-refractivity contribution in [3.8, 4) is 5.75 Å². The summed E-state index contributed by atoms with van der Waals surface area (Å²) in [6.07, 6.45) is 1.40. The van der Waals surface area contributed by atoms with Gasteiger partial charge in [0.25, 0.3) is 5.91 Å². The Hall–Kier alpha value is -4.09. The number of hydrogen-bond acceptors (Lipinski definition) is 6. The average molecular weight is 485 g/mol. The fourth-order valence-electron chi connectivity index (χ4n) is 3.72. The molecule has 0 unspecified atom stereocenters. The van der Waals surface area contributed by atoms with Crippen LogP contribution in [0, 0.1) is 6.92 Å². The van der Waals surface area contributed by atoms with Gasteiger partial charge < -0.3 is 25.7 Å². The summed E-state index contributed by atoms with van der Waals surface area (Å²) in [5.41, 5.74) is 7.89. The minimum atomic E-state index is -0.616. The van der Waals surface area contributed by atoms with E-state index >= 15 is 0 Å². The first kappa shape index (κ1) is 25.5. The van der Waals surface area contributed by atoms with Crippen molar-refractivity contribution in [1.29, 1.82) is 0 Å². The van der Waals surface area contributed by atoms with Crippen LogP contribution in [0.1, 0.15) is 53.2 Å². The Balaban J connectivity index is 1.93. The summed E-state index contributed by atoms with van der Waals surface area (Å²) in [5.74, 6) is -0.306. The number of methoxy groups -OCH3 is 1. The molecule has 2 heterocycles. The molecular formula is C23H32N8O4. The second kappa shape index (κ2) is 11.4. The van der Waals surface area contributed by atoms with E-state index in [4.69, 9.17) is 10.5 Å². The van der Waals surface area contributed by atoms with Crippen LogP contribution in [-0.2, 0) is 13.1 Å². The van der Waals surface area contributed by atoms with Crippen LogP contribution in [0.4, 0.5) is 10.7 Å². The number of hydrogen-bond donors (Lipinski definition) is 4. The van der Waals surface area contributed by atoms with Gasteiger partial charge in [-0.2, -0.15) is 5.10 Å². The van der Waals surface area contributed by atoms with Gasteiger partial charge in [0.1, 0.15) is 17.0 Å². The highest BCUT2D eigenvalue weighted by atomic mass is 16.5. The van der Waals surface area contributed by atoms with Gasteiger partial charge in [-0.05, 0) is 44.9 Å². The molecule has 5 N–H and O–H groups in total. The molecule has 3 aromatic rings. The molecule has 1 aromatic carbocycles. The highest BCUT2D eigenvalue weighted by molar-refractivity contribution is 6.04. The van der Waals surface area contributed by atoms with Gasteiger partial charge in [0.05, 0.1) is 18.3 Å². The summed E-state index contributed by atoms with van der Waals surface area (Å²) in [4.78, 5) is 41.3. The molecule has 0 bridgehead atoms. The van der Waals surface area contributed by atoms with Crippen LogP contribution in [0.25, 0.3) is 11.0 Å². The number of fused-ring (bicyclic) bond motifs is 1. The highest BCUT2D eigenvalue weighted by Crippen LogP contribution is 2.31. The minimum Gasteiger partial charge on any atom is -0.494 e. The molecule has 0 saturated carbocycles. The van der Waals surface area contributed by atoms with E-state index in [2.05, 4.69) is 26.0 Å². The molecule has 4 amide bonds. The standard InChI is InChI=1S/C23H32N8O4/c1-5-8-25-23(34)26-9-7-10-30-19-16(12-15(20(24)32)13-18(19)35-4)27-22(30)28-21(33)17-11-14(3)29-31(17)6-2/h11-13H,5-10H2,1-4H3,(H2,24,32)(H2,25,26,34)(H,27,28,33). The maximum atomic E-state index is 13.1. The first-order valence-electron chi connectivity index (χ1n) is 11.5. The van der Waals surface area contributed by atoms with E-state index in [1.54, 1.807) is 27.4 Å². The van der Waals surface area contributed by atoms with E-state index in [0.717, 1.165) is 12.1 Å². The number of aryl methyl sites for hydroxylation is 3. The molecule has 0 saturated heterocycles. The quantitative estimate of drug-likeness (QED) is 0.305. The maximum absolute atomic E-state index is 13.1. The second-order valence-corrected chi connectivity index (χ2v) is 7.97. The van der Waals surface area contributed by atoms with Gasteiger partial charge in [0.15, 0.2) is 0 Å². The lowest BCUT2D eigenvalue weighted by Crippen LogP contribution is -2.36. The summed E-state index contributed by atoms with van der Waals surface area (Å²) in [6, 6.07) is 4.57. The fraction of sp³-hybridized carbons (Fsp3) is 0.435. The number of urea groups is 1. The first-order valence-corrected chi connectivity index (χ1v) is 11.5. The molecule has 12 nitrogen and oxygen atoms in total. The Morgan fingerprint density at radius 1 is 1.11 bits per heavy atom. The molecule has 35 heavy (non-hydrogen) atoms. The van der Waals surface area contributed by atoms with Crippen molar-refractivity contribution in [2.24, 2.45) is 5.73 Å². The summed E-state index contributed by atoms with van der Waals surface area (Å²) in [5, 5.41) is 12.8. The van der Waals surface area contributed by atoms with Crippen molar-refractivity contribution in [1.82, 2.24) is 30.0 Å².